The molecule has 0 bridgehead atoms. The molecule has 0 heterocycles. The molecule has 2 aromatic carbocycles. The van der Waals surface area contributed by atoms with Crippen molar-refractivity contribution in [2.45, 2.75) is 79.8 Å². The third-order valence-electron chi connectivity index (χ3n) is 6.23. The molecule has 0 saturated heterocycles. The van der Waals surface area contributed by atoms with Crippen LogP contribution in [0.25, 0.3) is 11.1 Å². The summed E-state index contributed by atoms with van der Waals surface area (Å²) in [5.74, 6) is -7.38. The largest absolute Gasteiger partial charge is 0.506 e. The van der Waals surface area contributed by atoms with E-state index in [1.165, 1.54) is 24.3 Å². The lowest BCUT2D eigenvalue weighted by atomic mass is 9.80. The van der Waals surface area contributed by atoms with Crippen molar-refractivity contribution in [1.29, 1.82) is 0 Å². The Labute approximate surface area is 265 Å². The van der Waals surface area contributed by atoms with Gasteiger partial charge in [-0.05, 0) is 79.7 Å². The normalized spacial score (nSPS) is 13.1. The average Bonchev–Trinajstić information content (AvgIpc) is 2.92. The Hall–Kier alpha value is -5.26. The summed E-state index contributed by atoms with van der Waals surface area (Å²) >= 11 is 0. The molecule has 3 rings (SSSR count). The maximum Gasteiger partial charge on any atom is 0.339 e. The van der Waals surface area contributed by atoms with Crippen LogP contribution < -0.4 is 0 Å². The van der Waals surface area contributed by atoms with Crippen molar-refractivity contribution >= 4 is 46.6 Å². The first-order valence-corrected chi connectivity index (χ1v) is 14.5. The number of aromatic hydroxyl groups is 2. The fraction of sp³-hybridized carbons (Fsp3) is 0.353. The van der Waals surface area contributed by atoms with Crippen LogP contribution >= 0.6 is 0 Å². The average molecular weight is 637 g/mol. The first kappa shape index (κ1) is 35.2. The summed E-state index contributed by atoms with van der Waals surface area (Å²) in [4.78, 5) is 78.5. The van der Waals surface area contributed by atoms with Crippen LogP contribution in [0.2, 0.25) is 0 Å². The van der Waals surface area contributed by atoms with E-state index in [1.54, 1.807) is 55.4 Å². The highest BCUT2D eigenvalue weighted by atomic mass is 16.6. The zero-order valence-corrected chi connectivity index (χ0v) is 26.8. The van der Waals surface area contributed by atoms with Crippen molar-refractivity contribution in [3.63, 3.8) is 0 Å². The Morgan fingerprint density at radius 1 is 0.543 bits per heavy atom. The van der Waals surface area contributed by atoms with E-state index < -0.39 is 93.6 Å². The number of hydrogen-bond acceptors (Lipinski definition) is 12. The zero-order valence-electron chi connectivity index (χ0n) is 26.8. The number of phenolic OH excluding ortho intramolecular Hbond substituents is 2. The molecule has 0 spiro atoms. The minimum absolute atomic E-state index is 0.247. The summed E-state index contributed by atoms with van der Waals surface area (Å²) in [6.07, 6.45) is -0.716. The van der Waals surface area contributed by atoms with Gasteiger partial charge in [-0.25, -0.2) is 19.2 Å². The monoisotopic (exact) mass is 636 g/mol. The second-order valence-corrected chi connectivity index (χ2v) is 11.4. The molecule has 0 atom stereocenters. The fourth-order valence-electron chi connectivity index (χ4n) is 4.54. The van der Waals surface area contributed by atoms with Gasteiger partial charge < -0.3 is 29.2 Å². The Kier molecular flexibility index (Phi) is 10.9. The van der Waals surface area contributed by atoms with Gasteiger partial charge in [-0.1, -0.05) is 0 Å². The van der Waals surface area contributed by atoms with Crippen LogP contribution in [0.4, 0.5) is 0 Å². The van der Waals surface area contributed by atoms with Crippen molar-refractivity contribution in [2.75, 3.05) is 0 Å². The first-order valence-electron chi connectivity index (χ1n) is 14.5. The smallest absolute Gasteiger partial charge is 0.339 e. The molecule has 0 saturated carbocycles. The van der Waals surface area contributed by atoms with E-state index in [4.69, 9.17) is 18.9 Å². The number of esters is 4. The molecule has 0 fully saturated rings. The molecule has 0 aliphatic heterocycles. The van der Waals surface area contributed by atoms with E-state index in [0.29, 0.717) is 0 Å². The van der Waals surface area contributed by atoms with Gasteiger partial charge in [0.05, 0.1) is 46.7 Å². The maximum absolute atomic E-state index is 13.9. The third kappa shape index (κ3) is 7.68. The third-order valence-corrected chi connectivity index (χ3v) is 6.23. The standard InChI is InChI=1S/C34H36O12/c1-15(2)43-25(35)13-23(33(41)45-17(5)6)19-9-11-21-27(30(19)38)32(40)28-22(29(21)37)12-10-20(31(28)39)24(34(42)46-18(7)8)14-26(36)44-16(3)4/h9-18,38-39H,1-8H3/b23-13+,24-14+. The predicted molar refractivity (Wildman–Crippen MR) is 164 cm³/mol. The molecule has 12 nitrogen and oxygen atoms in total. The van der Waals surface area contributed by atoms with Crippen LogP contribution in [-0.4, -0.2) is 70.1 Å². The highest BCUT2D eigenvalue weighted by Crippen LogP contribution is 2.42. The fourth-order valence-corrected chi connectivity index (χ4v) is 4.54. The van der Waals surface area contributed by atoms with E-state index in [2.05, 4.69) is 0 Å². The van der Waals surface area contributed by atoms with Gasteiger partial charge in [0.25, 0.3) is 0 Å². The number of benzene rings is 2. The number of phenols is 2. The topological polar surface area (TPSA) is 180 Å². The molecule has 244 valence electrons. The van der Waals surface area contributed by atoms with E-state index in [9.17, 15) is 39.0 Å². The van der Waals surface area contributed by atoms with Gasteiger partial charge in [0.1, 0.15) is 11.5 Å². The molecule has 0 unspecified atom stereocenters. The van der Waals surface area contributed by atoms with Gasteiger partial charge in [0, 0.05) is 34.4 Å². The molecular formula is C34H36O12. The number of ether oxygens (including phenoxy) is 4. The Morgan fingerprint density at radius 2 is 0.870 bits per heavy atom. The summed E-state index contributed by atoms with van der Waals surface area (Å²) in [5.41, 5.74) is -3.17. The van der Waals surface area contributed by atoms with E-state index in [0.717, 1.165) is 12.2 Å². The first-order chi connectivity index (χ1) is 21.4. The van der Waals surface area contributed by atoms with Crippen molar-refractivity contribution in [3.8, 4) is 11.5 Å². The van der Waals surface area contributed by atoms with Crippen molar-refractivity contribution < 1.29 is 57.9 Å². The molecule has 2 aromatic rings. The minimum Gasteiger partial charge on any atom is -0.506 e. The van der Waals surface area contributed by atoms with Crippen molar-refractivity contribution in [3.05, 3.63) is 69.8 Å². The molecular weight excluding hydrogens is 600 g/mol. The number of rotatable bonds is 10. The number of carbonyl (C=O) groups excluding carboxylic acids is 6. The van der Waals surface area contributed by atoms with Crippen molar-refractivity contribution in [1.82, 2.24) is 0 Å². The number of fused-ring (bicyclic) bond motifs is 2. The van der Waals surface area contributed by atoms with Crippen LogP contribution in [0, 0.1) is 0 Å². The number of carbonyl (C=O) groups is 6. The van der Waals surface area contributed by atoms with Gasteiger partial charge in [0.2, 0.25) is 5.78 Å². The summed E-state index contributed by atoms with van der Waals surface area (Å²) in [6, 6.07) is 4.74. The van der Waals surface area contributed by atoms with Crippen LogP contribution in [0.1, 0.15) is 98.4 Å². The van der Waals surface area contributed by atoms with Crippen LogP contribution in [-0.2, 0) is 38.1 Å². The molecule has 0 amide bonds. The van der Waals surface area contributed by atoms with E-state index >= 15 is 0 Å². The molecule has 2 N–H and O–H groups in total. The van der Waals surface area contributed by atoms with Crippen LogP contribution in [0.5, 0.6) is 11.5 Å². The van der Waals surface area contributed by atoms with Gasteiger partial charge in [0.15, 0.2) is 5.78 Å². The summed E-state index contributed by atoms with van der Waals surface area (Å²) in [7, 11) is 0. The molecule has 0 aromatic heterocycles. The minimum atomic E-state index is -1.04. The Balaban J connectivity index is 2.25. The lowest BCUT2D eigenvalue weighted by Gasteiger charge is -2.23. The second kappa shape index (κ2) is 14.2. The molecule has 12 heteroatoms. The van der Waals surface area contributed by atoms with E-state index in [1.807, 2.05) is 0 Å². The van der Waals surface area contributed by atoms with Gasteiger partial charge in [-0.15, -0.1) is 0 Å². The number of hydrogen-bond donors (Lipinski definition) is 2. The van der Waals surface area contributed by atoms with Crippen molar-refractivity contribution in [2.24, 2.45) is 0 Å². The summed E-state index contributed by atoms with van der Waals surface area (Å²) in [5, 5.41) is 22.7. The maximum atomic E-state index is 13.9. The Bertz CT molecular complexity index is 1550. The van der Waals surface area contributed by atoms with E-state index in [-0.39, 0.29) is 22.3 Å². The predicted octanol–water partition coefficient (Wildman–Crippen LogP) is 4.45. The lowest BCUT2D eigenvalue weighted by molar-refractivity contribution is -0.143. The summed E-state index contributed by atoms with van der Waals surface area (Å²) in [6.45, 7) is 12.6. The zero-order chi connectivity index (χ0) is 34.6. The quantitative estimate of drug-likeness (QED) is 0.182. The van der Waals surface area contributed by atoms with Crippen LogP contribution in [0.15, 0.2) is 36.4 Å². The van der Waals surface area contributed by atoms with Gasteiger partial charge >= 0.3 is 23.9 Å². The second-order valence-electron chi connectivity index (χ2n) is 11.4. The highest BCUT2D eigenvalue weighted by Gasteiger charge is 2.38. The number of ketones is 2. The van der Waals surface area contributed by atoms with Gasteiger partial charge in [-0.2, -0.15) is 0 Å². The molecule has 46 heavy (non-hydrogen) atoms. The highest BCUT2D eigenvalue weighted by molar-refractivity contribution is 6.32. The molecule has 1 aliphatic rings. The molecule has 0 radical (unpaired) electrons. The van der Waals surface area contributed by atoms with Gasteiger partial charge in [-0.3, -0.25) is 9.59 Å². The lowest BCUT2D eigenvalue weighted by Crippen LogP contribution is -2.23. The summed E-state index contributed by atoms with van der Waals surface area (Å²) < 4.78 is 20.7. The SMILES string of the molecule is CC(C)OC(=O)/C=C(/C(=O)OC(C)C)c1ccc2c(c1O)C(=O)c1c(ccc(/C(=C\C(=O)OC(C)C)C(=O)OC(C)C)c1O)C2=O. The van der Waals surface area contributed by atoms with Crippen LogP contribution in [0.3, 0.4) is 0 Å². The Morgan fingerprint density at radius 3 is 1.17 bits per heavy atom. The molecule has 1 aliphatic carbocycles.